The Morgan fingerprint density at radius 3 is 2.89 bits per heavy atom. The third-order valence-electron chi connectivity index (χ3n) is 4.80. The Hall–Kier alpha value is -1.02. The largest absolute Gasteiger partial charge is 0.497 e. The molecular formula is C17H25NO. The van der Waals surface area contributed by atoms with E-state index in [1.807, 2.05) is 0 Å². The van der Waals surface area contributed by atoms with E-state index in [0.29, 0.717) is 12.1 Å². The molecule has 0 amide bonds. The standard InChI is InChI=1S/C17H25NO/c1-12-4-3-5-14(10-12)18-17-9-7-13-6-8-15(19-2)11-16(13)17/h6,8,11-12,14,17-18H,3-5,7,9-10H2,1-2H3. The smallest absolute Gasteiger partial charge is 0.119 e. The fourth-order valence-electron chi connectivity index (χ4n) is 3.75. The Bertz CT molecular complexity index is 443. The number of hydrogen-bond donors (Lipinski definition) is 1. The lowest BCUT2D eigenvalue weighted by Crippen LogP contribution is -2.35. The minimum absolute atomic E-state index is 0.542. The number of aryl methyl sites for hydroxylation is 1. The van der Waals surface area contributed by atoms with Crippen molar-refractivity contribution in [2.75, 3.05) is 7.11 Å². The van der Waals surface area contributed by atoms with Gasteiger partial charge in [0.25, 0.3) is 0 Å². The van der Waals surface area contributed by atoms with E-state index in [-0.39, 0.29) is 0 Å². The lowest BCUT2D eigenvalue weighted by Gasteiger charge is -2.30. The van der Waals surface area contributed by atoms with Crippen LogP contribution in [0.1, 0.15) is 56.2 Å². The monoisotopic (exact) mass is 259 g/mol. The molecule has 3 unspecified atom stereocenters. The lowest BCUT2D eigenvalue weighted by atomic mass is 9.86. The third kappa shape index (κ3) is 2.79. The number of methoxy groups -OCH3 is 1. The van der Waals surface area contributed by atoms with E-state index in [2.05, 4.69) is 30.4 Å². The molecule has 1 fully saturated rings. The van der Waals surface area contributed by atoms with Crippen LogP contribution in [0, 0.1) is 5.92 Å². The summed E-state index contributed by atoms with van der Waals surface area (Å²) in [5.41, 5.74) is 2.97. The van der Waals surface area contributed by atoms with E-state index in [1.165, 1.54) is 49.7 Å². The van der Waals surface area contributed by atoms with Crippen molar-refractivity contribution >= 4 is 0 Å². The molecule has 0 bridgehead atoms. The molecule has 1 saturated carbocycles. The SMILES string of the molecule is COc1ccc2c(c1)C(NC1CCCC(C)C1)CC2. The van der Waals surface area contributed by atoms with Gasteiger partial charge in [-0.25, -0.2) is 0 Å². The van der Waals surface area contributed by atoms with Crippen molar-refractivity contribution in [3.05, 3.63) is 29.3 Å². The molecule has 2 heteroatoms. The Labute approximate surface area is 116 Å². The highest BCUT2D eigenvalue weighted by molar-refractivity contribution is 5.40. The highest BCUT2D eigenvalue weighted by Crippen LogP contribution is 2.35. The van der Waals surface area contributed by atoms with Gasteiger partial charge < -0.3 is 10.1 Å². The molecule has 1 aromatic carbocycles. The van der Waals surface area contributed by atoms with E-state index in [9.17, 15) is 0 Å². The average molecular weight is 259 g/mol. The summed E-state index contributed by atoms with van der Waals surface area (Å²) in [6.45, 7) is 2.39. The van der Waals surface area contributed by atoms with E-state index in [4.69, 9.17) is 4.74 Å². The van der Waals surface area contributed by atoms with Crippen LogP contribution in [0.25, 0.3) is 0 Å². The summed E-state index contributed by atoms with van der Waals surface area (Å²) in [5, 5.41) is 3.90. The van der Waals surface area contributed by atoms with Crippen LogP contribution in [-0.2, 0) is 6.42 Å². The highest BCUT2D eigenvalue weighted by atomic mass is 16.5. The number of rotatable bonds is 3. The van der Waals surface area contributed by atoms with Crippen LogP contribution in [0.5, 0.6) is 5.75 Å². The molecule has 0 heterocycles. The van der Waals surface area contributed by atoms with Gasteiger partial charge >= 0.3 is 0 Å². The summed E-state index contributed by atoms with van der Waals surface area (Å²) in [4.78, 5) is 0. The van der Waals surface area contributed by atoms with Crippen molar-refractivity contribution in [2.45, 2.75) is 57.5 Å². The van der Waals surface area contributed by atoms with E-state index >= 15 is 0 Å². The average Bonchev–Trinajstić information content (AvgIpc) is 2.81. The molecule has 19 heavy (non-hydrogen) atoms. The van der Waals surface area contributed by atoms with Crippen molar-refractivity contribution in [3.63, 3.8) is 0 Å². The molecule has 1 aromatic rings. The molecule has 0 saturated heterocycles. The molecule has 0 radical (unpaired) electrons. The maximum absolute atomic E-state index is 5.37. The molecule has 2 aliphatic carbocycles. The zero-order valence-corrected chi connectivity index (χ0v) is 12.1. The number of hydrogen-bond acceptors (Lipinski definition) is 2. The number of nitrogens with one attached hydrogen (secondary N) is 1. The summed E-state index contributed by atoms with van der Waals surface area (Å²) in [7, 11) is 1.75. The summed E-state index contributed by atoms with van der Waals surface area (Å²) >= 11 is 0. The van der Waals surface area contributed by atoms with Gasteiger partial charge in [0.05, 0.1) is 7.11 Å². The molecule has 3 atom stereocenters. The fourth-order valence-corrected chi connectivity index (χ4v) is 3.75. The quantitative estimate of drug-likeness (QED) is 0.890. The molecule has 0 spiro atoms. The molecule has 1 N–H and O–H groups in total. The third-order valence-corrected chi connectivity index (χ3v) is 4.80. The predicted molar refractivity (Wildman–Crippen MR) is 78.6 cm³/mol. The first-order valence-electron chi connectivity index (χ1n) is 7.69. The van der Waals surface area contributed by atoms with E-state index in [0.717, 1.165) is 11.7 Å². The van der Waals surface area contributed by atoms with Crippen LogP contribution in [0.15, 0.2) is 18.2 Å². The summed E-state index contributed by atoms with van der Waals surface area (Å²) in [5.74, 6) is 1.88. The number of fused-ring (bicyclic) bond motifs is 1. The normalized spacial score (nSPS) is 30.1. The van der Waals surface area contributed by atoms with Crippen molar-refractivity contribution in [2.24, 2.45) is 5.92 Å². The lowest BCUT2D eigenvalue weighted by molar-refractivity contribution is 0.280. The van der Waals surface area contributed by atoms with Crippen LogP contribution < -0.4 is 10.1 Å². The zero-order valence-electron chi connectivity index (χ0n) is 12.1. The molecule has 2 aliphatic rings. The van der Waals surface area contributed by atoms with Crippen LogP contribution in [-0.4, -0.2) is 13.2 Å². The highest BCUT2D eigenvalue weighted by Gasteiger charge is 2.27. The van der Waals surface area contributed by atoms with Crippen molar-refractivity contribution in [1.29, 1.82) is 0 Å². The molecule has 104 valence electrons. The topological polar surface area (TPSA) is 21.3 Å². The van der Waals surface area contributed by atoms with Crippen LogP contribution in [0.4, 0.5) is 0 Å². The van der Waals surface area contributed by atoms with Crippen LogP contribution in [0.3, 0.4) is 0 Å². The summed E-state index contributed by atoms with van der Waals surface area (Å²) in [6, 6.07) is 7.81. The van der Waals surface area contributed by atoms with Gasteiger partial charge in [-0.2, -0.15) is 0 Å². The minimum Gasteiger partial charge on any atom is -0.497 e. The number of benzene rings is 1. The molecule has 0 aliphatic heterocycles. The first-order chi connectivity index (χ1) is 9.26. The van der Waals surface area contributed by atoms with Gasteiger partial charge in [0.15, 0.2) is 0 Å². The molecule has 2 nitrogen and oxygen atoms in total. The second-order valence-corrected chi connectivity index (χ2v) is 6.29. The molecular weight excluding hydrogens is 234 g/mol. The second kappa shape index (κ2) is 5.54. The maximum Gasteiger partial charge on any atom is 0.119 e. The van der Waals surface area contributed by atoms with Gasteiger partial charge in [-0.1, -0.05) is 25.8 Å². The minimum atomic E-state index is 0.542. The second-order valence-electron chi connectivity index (χ2n) is 6.29. The Morgan fingerprint density at radius 1 is 1.21 bits per heavy atom. The summed E-state index contributed by atoms with van der Waals surface area (Å²) in [6.07, 6.45) is 7.94. The van der Waals surface area contributed by atoms with Crippen molar-refractivity contribution in [1.82, 2.24) is 5.32 Å². The van der Waals surface area contributed by atoms with Gasteiger partial charge in [-0.3, -0.25) is 0 Å². The van der Waals surface area contributed by atoms with E-state index in [1.54, 1.807) is 7.11 Å². The first-order valence-corrected chi connectivity index (χ1v) is 7.69. The summed E-state index contributed by atoms with van der Waals surface area (Å²) < 4.78 is 5.37. The van der Waals surface area contributed by atoms with Gasteiger partial charge in [-0.05, 0) is 54.9 Å². The van der Waals surface area contributed by atoms with Crippen molar-refractivity contribution in [3.8, 4) is 5.75 Å². The Balaban J connectivity index is 1.71. The maximum atomic E-state index is 5.37. The van der Waals surface area contributed by atoms with Gasteiger partial charge in [-0.15, -0.1) is 0 Å². The van der Waals surface area contributed by atoms with E-state index < -0.39 is 0 Å². The van der Waals surface area contributed by atoms with Crippen LogP contribution in [0.2, 0.25) is 0 Å². The Morgan fingerprint density at radius 2 is 2.11 bits per heavy atom. The van der Waals surface area contributed by atoms with Crippen molar-refractivity contribution < 1.29 is 4.74 Å². The van der Waals surface area contributed by atoms with Gasteiger partial charge in [0, 0.05) is 12.1 Å². The van der Waals surface area contributed by atoms with Crippen LogP contribution >= 0.6 is 0 Å². The Kier molecular flexibility index (Phi) is 3.79. The molecule has 0 aromatic heterocycles. The first kappa shape index (κ1) is 13.0. The predicted octanol–water partition coefficient (Wildman–Crippen LogP) is 3.85. The van der Waals surface area contributed by atoms with Gasteiger partial charge in [0.2, 0.25) is 0 Å². The number of ether oxygens (including phenoxy) is 1. The fraction of sp³-hybridized carbons (Fsp3) is 0.647. The molecule has 3 rings (SSSR count). The zero-order chi connectivity index (χ0) is 13.2. The van der Waals surface area contributed by atoms with Gasteiger partial charge in [0.1, 0.15) is 5.75 Å².